The van der Waals surface area contributed by atoms with E-state index >= 15 is 0 Å². The molecule has 0 bridgehead atoms. The number of hydrogen-bond donors (Lipinski definition) is 3. The first-order chi connectivity index (χ1) is 26.4. The minimum atomic E-state index is -4.52. The van der Waals surface area contributed by atoms with Crippen LogP contribution >= 0.6 is 0 Å². The number of aromatic nitrogens is 4. The van der Waals surface area contributed by atoms with Crippen LogP contribution in [0.25, 0.3) is 0 Å². The van der Waals surface area contributed by atoms with Gasteiger partial charge in [-0.05, 0) is 74.5 Å². The van der Waals surface area contributed by atoms with E-state index in [4.69, 9.17) is 18.3 Å². The molecule has 11 nitrogen and oxygen atoms in total. The van der Waals surface area contributed by atoms with Gasteiger partial charge < -0.3 is 25.6 Å². The molecule has 2 aromatic carbocycles. The molecule has 0 atom stereocenters. The summed E-state index contributed by atoms with van der Waals surface area (Å²) in [7, 11) is 8.48. The van der Waals surface area contributed by atoms with E-state index in [1.54, 1.807) is 26.2 Å². The second-order valence-corrected chi connectivity index (χ2v) is 12.0. The Hall–Kier alpha value is -4.01. The van der Waals surface area contributed by atoms with Crippen LogP contribution in [0.2, 0.25) is 0 Å². The zero-order chi connectivity index (χ0) is 42.4. The summed E-state index contributed by atoms with van der Waals surface area (Å²) in [6, 6.07) is 10.9. The number of nitrogens with two attached hydrogens (primary N) is 1. The van der Waals surface area contributed by atoms with Crippen molar-refractivity contribution >= 4 is 20.3 Å². The Kier molecular flexibility index (Phi) is 19.5. The first kappa shape index (κ1) is 48.1. The van der Waals surface area contributed by atoms with Crippen LogP contribution < -0.4 is 20.5 Å². The molecule has 1 amide bonds. The molecular weight excluding hydrogens is 978 g/mol. The van der Waals surface area contributed by atoms with Crippen LogP contribution in [0.5, 0.6) is 11.5 Å². The number of nitrogens with zero attached hydrogens (tertiary/aromatic N) is 4. The van der Waals surface area contributed by atoms with E-state index in [1.807, 2.05) is 0 Å². The van der Waals surface area contributed by atoms with Crippen LogP contribution in [-0.4, -0.2) is 67.6 Å². The summed E-state index contributed by atoms with van der Waals surface area (Å²) in [5.41, 5.74) is 6.84. The fourth-order valence-electron chi connectivity index (χ4n) is 5.01. The molecule has 2 radical (unpaired) electrons. The van der Waals surface area contributed by atoms with Gasteiger partial charge in [-0.1, -0.05) is 19.6 Å². The Morgan fingerprint density at radius 1 is 0.875 bits per heavy atom. The second-order valence-electron chi connectivity index (χ2n) is 12.0. The fourth-order valence-corrected chi connectivity index (χ4v) is 5.01. The van der Waals surface area contributed by atoms with Crippen molar-refractivity contribution in [3.05, 3.63) is 93.6 Å². The third-order valence-corrected chi connectivity index (χ3v) is 8.07. The maximum absolute atomic E-state index is 13.0. The van der Waals surface area contributed by atoms with E-state index in [2.05, 4.69) is 28.6 Å². The van der Waals surface area contributed by atoms with Crippen molar-refractivity contribution in [2.24, 2.45) is 19.8 Å². The van der Waals surface area contributed by atoms with E-state index in [-0.39, 0.29) is 74.7 Å². The molecule has 56 heavy (non-hydrogen) atoms. The number of carboxylic acids is 1. The van der Waals surface area contributed by atoms with Gasteiger partial charge in [0.15, 0.2) is 0 Å². The number of ether oxygens (including phenoxy) is 2. The molecule has 2 fully saturated rings. The fraction of sp³-hybridized carbons (Fsp3) is 0.444. The normalized spacial score (nSPS) is 13.3. The Labute approximate surface area is 349 Å². The van der Waals surface area contributed by atoms with E-state index in [9.17, 15) is 40.3 Å². The van der Waals surface area contributed by atoms with Crippen LogP contribution in [0.3, 0.4) is 0 Å². The van der Waals surface area contributed by atoms with E-state index in [1.165, 1.54) is 47.8 Å². The number of alkyl halides is 7. The number of halogens is 7. The van der Waals surface area contributed by atoms with Crippen molar-refractivity contribution in [2.45, 2.75) is 70.4 Å². The number of hydrogen-bond acceptors (Lipinski definition) is 7. The number of nitrogens with one attached hydrogen (secondary N) is 1. The largest absolute Gasteiger partial charge is 0.496 e. The number of carbonyl (C=O) groups is 2. The molecule has 2 aliphatic rings. The summed E-state index contributed by atoms with van der Waals surface area (Å²) >= 11 is 0. The molecule has 2 saturated carbocycles. The van der Waals surface area contributed by atoms with Crippen molar-refractivity contribution in [3.8, 4) is 11.5 Å². The zero-order valence-corrected chi connectivity index (χ0v) is 34.6. The first-order valence-corrected chi connectivity index (χ1v) is 16.0. The number of benzene rings is 2. The third-order valence-electron chi connectivity index (χ3n) is 8.07. The molecule has 0 aliphatic heterocycles. The third kappa shape index (κ3) is 14.5. The number of aryl methyl sites for hydroxylation is 2. The molecule has 0 unspecified atom stereocenters. The predicted octanol–water partition coefficient (Wildman–Crippen LogP) is 7.00. The van der Waals surface area contributed by atoms with Gasteiger partial charge in [0, 0.05) is 78.5 Å². The Balaban J connectivity index is 0.000000840. The van der Waals surface area contributed by atoms with E-state index in [0.717, 1.165) is 49.2 Å². The minimum absolute atomic E-state index is 0. The van der Waals surface area contributed by atoms with E-state index < -0.39 is 36.6 Å². The Morgan fingerprint density at radius 2 is 1.27 bits per heavy atom. The molecule has 20 heteroatoms. The SMILES string of the molecule is C.COc1ccc(CN)cc1C(F)(F)F.COc1ccc(CNC(=O)c2cc(C3CC3)nn2C)cc1C(F)(F)F.Cn1nc(C2CC2)cc1C(=O)O.[2H]CF.[3H][B].[U]. The van der Waals surface area contributed by atoms with Gasteiger partial charge in [-0.15, -0.1) is 0 Å². The quantitative estimate of drug-likeness (QED) is 0.120. The van der Waals surface area contributed by atoms with Crippen molar-refractivity contribution < 1.29 is 87.4 Å². The van der Waals surface area contributed by atoms with Gasteiger partial charge in [-0.3, -0.25) is 18.5 Å². The topological polar surface area (TPSA) is 147 Å². The van der Waals surface area contributed by atoms with Gasteiger partial charge in [-0.25, -0.2) is 4.79 Å². The Bertz CT molecular complexity index is 1890. The molecule has 2 heterocycles. The van der Waals surface area contributed by atoms with Gasteiger partial charge in [0.2, 0.25) is 0 Å². The molecule has 4 aromatic rings. The molecule has 2 aliphatic carbocycles. The maximum atomic E-state index is 13.0. The number of rotatable bonds is 9. The van der Waals surface area contributed by atoms with Crippen molar-refractivity contribution in [1.82, 2.24) is 24.9 Å². The smallest absolute Gasteiger partial charge is 0.419 e. The van der Waals surface area contributed by atoms with Gasteiger partial charge in [0.25, 0.3) is 5.91 Å². The van der Waals surface area contributed by atoms with Gasteiger partial charge in [0.05, 0.1) is 45.3 Å². The average molecular weight is 1030 g/mol. The van der Waals surface area contributed by atoms with Crippen LogP contribution in [0.4, 0.5) is 30.7 Å². The van der Waals surface area contributed by atoms with Gasteiger partial charge in [0.1, 0.15) is 22.9 Å². The molecule has 4 N–H and O–H groups in total. The summed E-state index contributed by atoms with van der Waals surface area (Å²) in [6.07, 6.45) is -4.48. The van der Waals surface area contributed by atoms with Crippen LogP contribution in [0, 0.1) is 31.1 Å². The summed E-state index contributed by atoms with van der Waals surface area (Å²) in [5, 5.41) is 19.8. The number of aromatic carboxylic acids is 1. The second kappa shape index (κ2) is 22.7. The first-order valence-electron chi connectivity index (χ1n) is 17.3. The van der Waals surface area contributed by atoms with Crippen LogP contribution in [-0.2, 0) is 39.5 Å². The van der Waals surface area contributed by atoms with Crippen molar-refractivity contribution in [3.63, 3.8) is 0 Å². The van der Waals surface area contributed by atoms with Crippen LogP contribution in [0.1, 0.15) is 101 Å². The number of amides is 1. The number of methoxy groups -OCH3 is 2. The van der Waals surface area contributed by atoms with Gasteiger partial charge >= 0.3 is 18.3 Å². The minimum Gasteiger partial charge on any atom is -0.496 e. The number of carboxylic acid groups (broad SMARTS) is 1. The average Bonchev–Trinajstić information content (AvgIpc) is 4.11. The standard InChI is InChI=1S/C17H18F3N3O2.C9H10F3NO.C8H10N2O2.CH3F.CH4.BH.U/c1-23-14(8-13(22-23)11-4-5-11)16(24)21-9-10-3-6-15(25-2)12(7-10)17(18,19)20;1-14-8-3-2-6(5-13)4-7(8)9(10,11)12;1-10-7(8(11)12)4-6(9-10)5-2-3-5;1-2;;;/h3,6-8,11H,4-5,9H2,1-2H3,(H,21,24);2-4H,5,13H2,1H3;4-5H,2-3H2,1H3,(H,11,12);1H3;1H4;1H;/i;;;1D;;1T;. The molecule has 0 saturated heterocycles. The maximum Gasteiger partial charge on any atom is 0.419 e. The molecule has 6 rings (SSSR count). The molecule has 0 spiro atoms. The Morgan fingerprint density at radius 3 is 1.62 bits per heavy atom. The van der Waals surface area contributed by atoms with Gasteiger partial charge in [-0.2, -0.15) is 36.5 Å². The van der Waals surface area contributed by atoms with Crippen molar-refractivity contribution in [1.29, 1.82) is 1.34 Å². The zero-order valence-electron chi connectivity index (χ0n) is 32.4. The molecular formula is C36H46BF7N6O5U. The molecule has 306 valence electrons. The number of carbonyl (C=O) groups excluding carboxylic acids is 1. The van der Waals surface area contributed by atoms with Crippen molar-refractivity contribution in [2.75, 3.05) is 21.4 Å². The van der Waals surface area contributed by atoms with Crippen LogP contribution in [0.15, 0.2) is 48.5 Å². The molecule has 2 aromatic heterocycles. The summed E-state index contributed by atoms with van der Waals surface area (Å²) < 4.78 is 109. The monoisotopic (exact) mass is 1030 g/mol. The summed E-state index contributed by atoms with van der Waals surface area (Å²) in [6.45, 7) is 0.0585. The predicted molar refractivity (Wildman–Crippen MR) is 193 cm³/mol. The summed E-state index contributed by atoms with van der Waals surface area (Å²) in [5.74, 6) is -0.769. The summed E-state index contributed by atoms with van der Waals surface area (Å²) in [4.78, 5) is 22.9. The van der Waals surface area contributed by atoms with E-state index in [0.29, 0.717) is 28.7 Å².